The molecule has 1 heterocycles. The Hall–Kier alpha value is -1.59. The number of nitrogens with zero attached hydrogens (tertiary/aromatic N) is 1. The molecule has 0 spiro atoms. The molecule has 1 aliphatic rings. The van der Waals surface area contributed by atoms with Crippen molar-refractivity contribution in [3.63, 3.8) is 0 Å². The number of hydrogen-bond acceptors (Lipinski definition) is 4. The fraction of sp³-hybridized carbons (Fsp3) is 0.632. The number of carbonyl (C=O) groups is 1. The maximum Gasteiger partial charge on any atom is 0.410 e. The van der Waals surface area contributed by atoms with E-state index in [2.05, 4.69) is 0 Å². The van der Waals surface area contributed by atoms with Crippen molar-refractivity contribution in [2.24, 2.45) is 0 Å². The molecule has 1 aliphatic heterocycles. The van der Waals surface area contributed by atoms with Crippen LogP contribution in [0.1, 0.15) is 58.1 Å². The minimum atomic E-state index is -1.06. The molecular weight excluding hydrogens is 306 g/mol. The molecule has 2 atom stereocenters. The van der Waals surface area contributed by atoms with Crippen molar-refractivity contribution >= 4 is 6.09 Å². The van der Waals surface area contributed by atoms with Crippen molar-refractivity contribution in [3.05, 3.63) is 35.9 Å². The summed E-state index contributed by atoms with van der Waals surface area (Å²) in [5, 5.41) is 20.5. The molecule has 5 nitrogen and oxygen atoms in total. The highest BCUT2D eigenvalue weighted by Crippen LogP contribution is 2.42. The van der Waals surface area contributed by atoms with Gasteiger partial charge in [0.2, 0.25) is 0 Å². The van der Waals surface area contributed by atoms with Gasteiger partial charge in [0.05, 0.1) is 11.6 Å². The summed E-state index contributed by atoms with van der Waals surface area (Å²) in [6.45, 7) is 6.09. The number of hydrogen-bond donors (Lipinski definition) is 2. The summed E-state index contributed by atoms with van der Waals surface area (Å²) in [4.78, 5) is 14.3. The third-order valence-electron chi connectivity index (χ3n) is 4.34. The van der Waals surface area contributed by atoms with E-state index in [9.17, 15) is 15.0 Å². The van der Waals surface area contributed by atoms with Crippen LogP contribution in [0.3, 0.4) is 0 Å². The lowest BCUT2D eigenvalue weighted by atomic mass is 9.78. The van der Waals surface area contributed by atoms with Crippen molar-refractivity contribution in [2.45, 2.75) is 63.7 Å². The average Bonchev–Trinajstić information content (AvgIpc) is 2.52. The Morgan fingerprint density at radius 1 is 1.33 bits per heavy atom. The Kier molecular flexibility index (Phi) is 5.88. The number of amides is 1. The molecule has 1 aromatic rings. The number of likely N-dealkylation sites (tertiary alicyclic amines) is 1. The van der Waals surface area contributed by atoms with E-state index in [-0.39, 0.29) is 6.61 Å². The number of aliphatic hydroxyl groups is 2. The zero-order chi connectivity index (χ0) is 17.8. The molecule has 0 aromatic heterocycles. The first kappa shape index (κ1) is 18.7. The minimum absolute atomic E-state index is 0.0241. The minimum Gasteiger partial charge on any atom is -0.444 e. The number of piperidine rings is 1. The monoisotopic (exact) mass is 335 g/mol. The molecule has 2 N–H and O–H groups in total. The van der Waals surface area contributed by atoms with E-state index >= 15 is 0 Å². The van der Waals surface area contributed by atoms with Crippen LogP contribution >= 0.6 is 0 Å². The van der Waals surface area contributed by atoms with E-state index in [4.69, 9.17) is 4.74 Å². The molecule has 1 aromatic carbocycles. The summed E-state index contributed by atoms with van der Waals surface area (Å²) < 4.78 is 5.55. The third kappa shape index (κ3) is 4.48. The standard InChI is InChI=1S/C19H29NO4/c1-18(2,3)24-17(22)20-13-7-11-19(23,12-8-14-21)16(20)15-9-5-4-6-10-15/h4-6,9-10,16,21,23H,7-8,11-14H2,1-3H3/t16-,19+/m0/s1. The molecule has 134 valence electrons. The summed E-state index contributed by atoms with van der Waals surface area (Å²) in [7, 11) is 0. The molecule has 1 saturated heterocycles. The van der Waals surface area contributed by atoms with Gasteiger partial charge < -0.3 is 14.9 Å². The van der Waals surface area contributed by atoms with Crippen molar-refractivity contribution in [1.82, 2.24) is 4.90 Å². The lowest BCUT2D eigenvalue weighted by molar-refractivity contribution is -0.0925. The van der Waals surface area contributed by atoms with Gasteiger partial charge in [0.25, 0.3) is 0 Å². The van der Waals surface area contributed by atoms with Crippen LogP contribution < -0.4 is 0 Å². The molecule has 2 rings (SSSR count). The van der Waals surface area contributed by atoms with Crippen LogP contribution in [-0.4, -0.2) is 45.6 Å². The van der Waals surface area contributed by atoms with Crippen LogP contribution in [0.25, 0.3) is 0 Å². The smallest absolute Gasteiger partial charge is 0.410 e. The zero-order valence-corrected chi connectivity index (χ0v) is 14.9. The molecule has 0 bridgehead atoms. The van der Waals surface area contributed by atoms with E-state index in [0.717, 1.165) is 5.56 Å². The molecule has 1 fully saturated rings. The number of benzene rings is 1. The van der Waals surface area contributed by atoms with Gasteiger partial charge in [0.1, 0.15) is 5.60 Å². The second-order valence-electron chi connectivity index (χ2n) is 7.52. The van der Waals surface area contributed by atoms with E-state index in [0.29, 0.717) is 32.2 Å². The fourth-order valence-corrected chi connectivity index (χ4v) is 3.40. The predicted octanol–water partition coefficient (Wildman–Crippen LogP) is 3.26. The Bertz CT molecular complexity index is 540. The molecule has 24 heavy (non-hydrogen) atoms. The number of aliphatic hydroxyl groups excluding tert-OH is 1. The van der Waals surface area contributed by atoms with Crippen LogP contribution in [0.5, 0.6) is 0 Å². The first-order valence-electron chi connectivity index (χ1n) is 8.65. The van der Waals surface area contributed by atoms with E-state index in [1.54, 1.807) is 4.90 Å². The lowest BCUT2D eigenvalue weighted by Gasteiger charge is -2.47. The Labute approximate surface area is 144 Å². The molecule has 0 radical (unpaired) electrons. The van der Waals surface area contributed by atoms with Crippen LogP contribution in [-0.2, 0) is 4.74 Å². The van der Waals surface area contributed by atoms with Crippen LogP contribution in [0.4, 0.5) is 4.79 Å². The van der Waals surface area contributed by atoms with E-state index in [1.165, 1.54) is 0 Å². The number of ether oxygens (including phenoxy) is 1. The van der Waals surface area contributed by atoms with Crippen LogP contribution in [0.15, 0.2) is 30.3 Å². The van der Waals surface area contributed by atoms with Crippen molar-refractivity contribution in [3.8, 4) is 0 Å². The average molecular weight is 335 g/mol. The van der Waals surface area contributed by atoms with Crippen molar-refractivity contribution in [2.75, 3.05) is 13.2 Å². The maximum atomic E-state index is 12.7. The zero-order valence-electron chi connectivity index (χ0n) is 14.9. The number of rotatable bonds is 4. The molecule has 5 heteroatoms. The van der Waals surface area contributed by atoms with Crippen molar-refractivity contribution < 1.29 is 19.7 Å². The fourth-order valence-electron chi connectivity index (χ4n) is 3.40. The van der Waals surface area contributed by atoms with Crippen LogP contribution in [0.2, 0.25) is 0 Å². The summed E-state index contributed by atoms with van der Waals surface area (Å²) in [5.41, 5.74) is -0.749. The third-order valence-corrected chi connectivity index (χ3v) is 4.34. The summed E-state index contributed by atoms with van der Waals surface area (Å²) in [6, 6.07) is 9.12. The van der Waals surface area contributed by atoms with Gasteiger partial charge in [0.15, 0.2) is 0 Å². The summed E-state index contributed by atoms with van der Waals surface area (Å²) >= 11 is 0. The summed E-state index contributed by atoms with van der Waals surface area (Å²) in [6.07, 6.45) is 1.86. The normalized spacial score (nSPS) is 24.7. The van der Waals surface area contributed by atoms with Crippen molar-refractivity contribution in [1.29, 1.82) is 0 Å². The lowest BCUT2D eigenvalue weighted by Crippen LogP contribution is -2.53. The SMILES string of the molecule is CC(C)(C)OC(=O)N1CCC[C@@](O)(CCCO)[C@@H]1c1ccccc1. The predicted molar refractivity (Wildman–Crippen MR) is 92.6 cm³/mol. The van der Waals surface area contributed by atoms with Gasteiger partial charge >= 0.3 is 6.09 Å². The highest BCUT2D eigenvalue weighted by atomic mass is 16.6. The van der Waals surface area contributed by atoms with Gasteiger partial charge in [0, 0.05) is 13.2 Å². The highest BCUT2D eigenvalue weighted by Gasteiger charge is 2.46. The van der Waals surface area contributed by atoms with Gasteiger partial charge in [-0.1, -0.05) is 30.3 Å². The Balaban J connectivity index is 2.35. The quantitative estimate of drug-likeness (QED) is 0.886. The van der Waals surface area contributed by atoms with Gasteiger partial charge in [-0.3, -0.25) is 4.90 Å². The molecule has 0 aliphatic carbocycles. The Morgan fingerprint density at radius 3 is 2.58 bits per heavy atom. The molecule has 1 amide bonds. The van der Waals surface area contributed by atoms with Crippen LogP contribution in [0, 0.1) is 0 Å². The van der Waals surface area contributed by atoms with Gasteiger partial charge in [-0.05, 0) is 52.0 Å². The highest BCUT2D eigenvalue weighted by molar-refractivity contribution is 5.69. The van der Waals surface area contributed by atoms with Gasteiger partial charge in [-0.25, -0.2) is 4.79 Å². The maximum absolute atomic E-state index is 12.7. The largest absolute Gasteiger partial charge is 0.444 e. The van der Waals surface area contributed by atoms with E-state index < -0.39 is 23.3 Å². The Morgan fingerprint density at radius 2 is 2.00 bits per heavy atom. The van der Waals surface area contributed by atoms with E-state index in [1.807, 2.05) is 51.1 Å². The first-order chi connectivity index (χ1) is 11.3. The topological polar surface area (TPSA) is 70.0 Å². The second-order valence-corrected chi connectivity index (χ2v) is 7.52. The number of carbonyl (C=O) groups excluding carboxylic acids is 1. The first-order valence-corrected chi connectivity index (χ1v) is 8.65. The summed E-state index contributed by atoms with van der Waals surface area (Å²) in [5.74, 6) is 0. The molecule has 0 saturated carbocycles. The molecular formula is C19H29NO4. The van der Waals surface area contributed by atoms with Gasteiger partial charge in [-0.2, -0.15) is 0 Å². The second kappa shape index (κ2) is 7.53. The molecule has 0 unspecified atom stereocenters. The van der Waals surface area contributed by atoms with Gasteiger partial charge in [-0.15, -0.1) is 0 Å².